The Bertz CT molecular complexity index is 330. The van der Waals surface area contributed by atoms with Crippen molar-refractivity contribution in [1.29, 1.82) is 0 Å². The van der Waals surface area contributed by atoms with E-state index in [1.54, 1.807) is 6.92 Å². The van der Waals surface area contributed by atoms with Gasteiger partial charge in [0.25, 0.3) is 5.69 Å². The zero-order valence-electron chi connectivity index (χ0n) is 6.86. The van der Waals surface area contributed by atoms with Gasteiger partial charge >= 0.3 is 0 Å². The summed E-state index contributed by atoms with van der Waals surface area (Å²) in [5.41, 5.74) is -0.145. The summed E-state index contributed by atoms with van der Waals surface area (Å²) in [7, 11) is 0. The van der Waals surface area contributed by atoms with E-state index < -0.39 is 4.92 Å². The fourth-order valence-electron chi connectivity index (χ4n) is 0.758. The molecule has 70 valence electrons. The predicted molar refractivity (Wildman–Crippen MR) is 47.1 cm³/mol. The van der Waals surface area contributed by atoms with E-state index in [0.29, 0.717) is 6.61 Å². The summed E-state index contributed by atoms with van der Waals surface area (Å²) in [6.45, 7) is 2.20. The molecular formula is C7H7ClN2O3. The summed E-state index contributed by atoms with van der Waals surface area (Å²) >= 11 is 5.66. The van der Waals surface area contributed by atoms with Crippen molar-refractivity contribution >= 4 is 17.3 Å². The lowest BCUT2D eigenvalue weighted by Gasteiger charge is -2.02. The maximum Gasteiger partial charge on any atom is 0.289 e. The Morgan fingerprint density at radius 1 is 1.77 bits per heavy atom. The smallest absolute Gasteiger partial charge is 0.289 e. The Kier molecular flexibility index (Phi) is 3.02. The molecule has 0 aromatic carbocycles. The first-order chi connectivity index (χ1) is 6.15. The van der Waals surface area contributed by atoms with Crippen LogP contribution in [0, 0.1) is 10.1 Å². The van der Waals surface area contributed by atoms with E-state index >= 15 is 0 Å². The van der Waals surface area contributed by atoms with Gasteiger partial charge in [0.05, 0.1) is 11.5 Å². The molecule has 13 heavy (non-hydrogen) atoms. The van der Waals surface area contributed by atoms with Crippen molar-refractivity contribution in [3.8, 4) is 5.88 Å². The fourth-order valence-corrected chi connectivity index (χ4v) is 0.973. The zero-order valence-corrected chi connectivity index (χ0v) is 7.61. The number of ether oxygens (including phenoxy) is 1. The number of hydrogen-bond acceptors (Lipinski definition) is 4. The first-order valence-electron chi connectivity index (χ1n) is 3.58. The van der Waals surface area contributed by atoms with E-state index in [1.165, 1.54) is 6.07 Å². The van der Waals surface area contributed by atoms with Crippen LogP contribution in [0.25, 0.3) is 0 Å². The van der Waals surface area contributed by atoms with Crippen molar-refractivity contribution in [2.75, 3.05) is 6.61 Å². The molecule has 0 saturated heterocycles. The summed E-state index contributed by atoms with van der Waals surface area (Å²) in [6.07, 6.45) is 1.11. The topological polar surface area (TPSA) is 65.3 Å². The van der Waals surface area contributed by atoms with Crippen LogP contribution >= 0.6 is 11.6 Å². The molecule has 0 atom stereocenters. The van der Waals surface area contributed by atoms with Gasteiger partial charge in [0.2, 0.25) is 5.88 Å². The molecule has 0 fully saturated rings. The van der Waals surface area contributed by atoms with Crippen LogP contribution in [0.5, 0.6) is 5.88 Å². The summed E-state index contributed by atoms with van der Waals surface area (Å²) in [5, 5.41) is 10.4. The number of aromatic nitrogens is 1. The normalized spacial score (nSPS) is 9.69. The lowest BCUT2D eigenvalue weighted by Crippen LogP contribution is -1.96. The minimum absolute atomic E-state index is 0.145. The van der Waals surface area contributed by atoms with Crippen LogP contribution in [0.15, 0.2) is 12.3 Å². The van der Waals surface area contributed by atoms with Gasteiger partial charge in [0.15, 0.2) is 0 Å². The number of pyridine rings is 1. The first-order valence-corrected chi connectivity index (χ1v) is 3.95. The highest BCUT2D eigenvalue weighted by molar-refractivity contribution is 6.32. The Hall–Kier alpha value is -1.36. The molecule has 0 N–H and O–H groups in total. The molecule has 0 bridgehead atoms. The molecule has 1 heterocycles. The van der Waals surface area contributed by atoms with Crippen LogP contribution in [0.4, 0.5) is 5.69 Å². The molecule has 5 nitrogen and oxygen atoms in total. The molecule has 0 saturated carbocycles. The van der Waals surface area contributed by atoms with Crippen LogP contribution < -0.4 is 4.74 Å². The fraction of sp³-hybridized carbons (Fsp3) is 0.286. The van der Waals surface area contributed by atoms with Gasteiger partial charge in [0.1, 0.15) is 11.2 Å². The highest BCUT2D eigenvalue weighted by Crippen LogP contribution is 2.25. The largest absolute Gasteiger partial charge is 0.477 e. The molecule has 0 unspecified atom stereocenters. The molecule has 6 heteroatoms. The van der Waals surface area contributed by atoms with E-state index in [2.05, 4.69) is 4.98 Å². The Labute approximate surface area is 79.5 Å². The third kappa shape index (κ3) is 2.29. The molecule has 0 spiro atoms. The first kappa shape index (κ1) is 9.73. The van der Waals surface area contributed by atoms with Gasteiger partial charge < -0.3 is 4.74 Å². The quantitative estimate of drug-likeness (QED) is 0.556. The van der Waals surface area contributed by atoms with Crippen LogP contribution in [0.3, 0.4) is 0 Å². The zero-order chi connectivity index (χ0) is 9.84. The minimum atomic E-state index is -0.561. The van der Waals surface area contributed by atoms with Gasteiger partial charge in [-0.05, 0) is 6.92 Å². The summed E-state index contributed by atoms with van der Waals surface area (Å²) in [5.74, 6) is 0.217. The molecule has 1 aromatic rings. The summed E-state index contributed by atoms with van der Waals surface area (Å²) in [4.78, 5) is 13.4. The van der Waals surface area contributed by atoms with Crippen molar-refractivity contribution in [2.24, 2.45) is 0 Å². The third-order valence-corrected chi connectivity index (χ3v) is 1.56. The molecule has 0 radical (unpaired) electrons. The van der Waals surface area contributed by atoms with Crippen LogP contribution in [-0.2, 0) is 0 Å². The van der Waals surface area contributed by atoms with Gasteiger partial charge in [-0.1, -0.05) is 11.6 Å². The third-order valence-electron chi connectivity index (χ3n) is 1.28. The second-order valence-electron chi connectivity index (χ2n) is 2.17. The Morgan fingerprint density at radius 2 is 2.46 bits per heavy atom. The van der Waals surface area contributed by atoms with E-state index in [1.807, 2.05) is 0 Å². The number of halogens is 1. The number of hydrogen-bond donors (Lipinski definition) is 0. The van der Waals surface area contributed by atoms with Gasteiger partial charge in [-0.3, -0.25) is 10.1 Å². The van der Waals surface area contributed by atoms with Crippen molar-refractivity contribution in [3.63, 3.8) is 0 Å². The van der Waals surface area contributed by atoms with Crippen molar-refractivity contribution < 1.29 is 9.66 Å². The minimum Gasteiger partial charge on any atom is -0.477 e. The second kappa shape index (κ2) is 4.04. The highest BCUT2D eigenvalue weighted by Gasteiger charge is 2.10. The monoisotopic (exact) mass is 202 g/mol. The highest BCUT2D eigenvalue weighted by atomic mass is 35.5. The van der Waals surface area contributed by atoms with Crippen molar-refractivity contribution in [1.82, 2.24) is 4.98 Å². The molecule has 1 aromatic heterocycles. The van der Waals surface area contributed by atoms with E-state index in [-0.39, 0.29) is 16.6 Å². The molecule has 0 amide bonds. The Balaban J connectivity index is 2.98. The van der Waals surface area contributed by atoms with E-state index in [4.69, 9.17) is 16.3 Å². The lowest BCUT2D eigenvalue weighted by molar-refractivity contribution is -0.385. The van der Waals surface area contributed by atoms with E-state index in [0.717, 1.165) is 6.20 Å². The van der Waals surface area contributed by atoms with Gasteiger partial charge in [0, 0.05) is 6.07 Å². The molecule has 0 aliphatic heterocycles. The van der Waals surface area contributed by atoms with Gasteiger partial charge in [-0.15, -0.1) is 0 Å². The van der Waals surface area contributed by atoms with Crippen molar-refractivity contribution in [3.05, 3.63) is 27.4 Å². The average molecular weight is 203 g/mol. The maximum atomic E-state index is 10.3. The Morgan fingerprint density at radius 3 is 2.92 bits per heavy atom. The van der Waals surface area contributed by atoms with Crippen LogP contribution in [0.2, 0.25) is 5.02 Å². The maximum absolute atomic E-state index is 10.3. The summed E-state index contributed by atoms with van der Waals surface area (Å²) in [6, 6.07) is 1.21. The SMILES string of the molecule is CCOc1ncc([N+](=O)[O-])cc1Cl. The number of nitrogens with zero attached hydrogens (tertiary/aromatic N) is 2. The summed E-state index contributed by atoms with van der Waals surface area (Å²) < 4.78 is 5.01. The second-order valence-corrected chi connectivity index (χ2v) is 2.58. The standard InChI is InChI=1S/C7H7ClN2O3/c1-2-13-7-6(8)3-5(4-9-7)10(11)12/h3-4H,2H2,1H3. The van der Waals surface area contributed by atoms with Gasteiger partial charge in [-0.2, -0.15) is 0 Å². The van der Waals surface area contributed by atoms with E-state index in [9.17, 15) is 10.1 Å². The number of nitro groups is 1. The van der Waals surface area contributed by atoms with Crippen LogP contribution in [0.1, 0.15) is 6.92 Å². The molecule has 1 rings (SSSR count). The molecule has 0 aliphatic carbocycles. The van der Waals surface area contributed by atoms with Crippen molar-refractivity contribution in [2.45, 2.75) is 6.92 Å². The molecule has 0 aliphatic rings. The number of rotatable bonds is 3. The van der Waals surface area contributed by atoms with Crippen LogP contribution in [-0.4, -0.2) is 16.5 Å². The average Bonchev–Trinajstić information content (AvgIpc) is 2.08. The van der Waals surface area contributed by atoms with Gasteiger partial charge in [-0.25, -0.2) is 4.98 Å². The molecular weight excluding hydrogens is 196 g/mol. The lowest BCUT2D eigenvalue weighted by atomic mass is 10.4. The predicted octanol–water partition coefficient (Wildman–Crippen LogP) is 2.04.